The molecular formula is C14H18FNO2. The average molecular weight is 251 g/mol. The van der Waals surface area contributed by atoms with Gasteiger partial charge in [0.15, 0.2) is 0 Å². The van der Waals surface area contributed by atoms with Crippen LogP contribution >= 0.6 is 0 Å². The maximum atomic E-state index is 13.7. The highest BCUT2D eigenvalue weighted by Crippen LogP contribution is 2.43. The Balaban J connectivity index is 2.15. The minimum absolute atomic E-state index is 0.000534. The van der Waals surface area contributed by atoms with E-state index in [9.17, 15) is 9.18 Å². The first-order valence-corrected chi connectivity index (χ1v) is 6.34. The van der Waals surface area contributed by atoms with Gasteiger partial charge in [-0.2, -0.15) is 0 Å². The summed E-state index contributed by atoms with van der Waals surface area (Å²) >= 11 is 0. The number of carboxylic acids is 1. The highest BCUT2D eigenvalue weighted by molar-refractivity contribution is 5.94. The highest BCUT2D eigenvalue weighted by atomic mass is 19.1. The Morgan fingerprint density at radius 2 is 2.22 bits per heavy atom. The van der Waals surface area contributed by atoms with Gasteiger partial charge in [-0.25, -0.2) is 9.18 Å². The van der Waals surface area contributed by atoms with E-state index in [0.29, 0.717) is 6.54 Å². The van der Waals surface area contributed by atoms with Crippen molar-refractivity contribution in [3.63, 3.8) is 0 Å². The number of rotatable bonds is 5. The first kappa shape index (κ1) is 12.9. The molecule has 0 unspecified atom stereocenters. The van der Waals surface area contributed by atoms with Gasteiger partial charge in [0.05, 0.1) is 11.3 Å². The zero-order chi connectivity index (χ0) is 13.2. The summed E-state index contributed by atoms with van der Waals surface area (Å²) in [6.45, 7) is 2.77. The number of anilines is 1. The van der Waals surface area contributed by atoms with E-state index in [4.69, 9.17) is 5.11 Å². The predicted octanol–water partition coefficient (Wildman–Crippen LogP) is 3.52. The molecule has 4 heteroatoms. The van der Waals surface area contributed by atoms with Crippen LogP contribution in [0.4, 0.5) is 10.1 Å². The molecule has 0 aliphatic heterocycles. The van der Waals surface area contributed by atoms with E-state index >= 15 is 0 Å². The lowest BCUT2D eigenvalue weighted by atomic mass is 9.67. The van der Waals surface area contributed by atoms with Gasteiger partial charge in [-0.1, -0.05) is 19.4 Å². The Morgan fingerprint density at radius 1 is 1.50 bits per heavy atom. The van der Waals surface area contributed by atoms with Crippen molar-refractivity contribution in [1.82, 2.24) is 0 Å². The normalized spacial score (nSPS) is 17.0. The average Bonchev–Trinajstić information content (AvgIpc) is 2.29. The Morgan fingerprint density at radius 3 is 2.72 bits per heavy atom. The smallest absolute Gasteiger partial charge is 0.337 e. The minimum Gasteiger partial charge on any atom is -0.478 e. The van der Waals surface area contributed by atoms with Crippen molar-refractivity contribution in [2.75, 3.05) is 11.9 Å². The molecule has 2 N–H and O–H groups in total. The first-order chi connectivity index (χ1) is 8.58. The standard InChI is InChI=1S/C14H18FNO2/c1-2-14(7-4-8-14)9-16-12-10(13(17)18)5-3-6-11(12)15/h3,5-6,16H,2,4,7-9H2,1H3,(H,17,18). The van der Waals surface area contributed by atoms with Crippen molar-refractivity contribution in [3.8, 4) is 0 Å². The summed E-state index contributed by atoms with van der Waals surface area (Å²) in [6.07, 6.45) is 4.51. The molecule has 1 saturated carbocycles. The second-order valence-electron chi connectivity index (χ2n) is 5.03. The molecule has 18 heavy (non-hydrogen) atoms. The van der Waals surface area contributed by atoms with Crippen LogP contribution in [0.5, 0.6) is 0 Å². The molecule has 0 radical (unpaired) electrons. The fourth-order valence-corrected chi connectivity index (χ4v) is 2.49. The van der Waals surface area contributed by atoms with Crippen LogP contribution in [0.3, 0.4) is 0 Å². The molecule has 0 saturated heterocycles. The van der Waals surface area contributed by atoms with Crippen LogP contribution in [0.15, 0.2) is 18.2 Å². The van der Waals surface area contributed by atoms with Crippen molar-refractivity contribution in [2.45, 2.75) is 32.6 Å². The number of halogens is 1. The molecule has 0 heterocycles. The number of carbonyl (C=O) groups is 1. The summed E-state index contributed by atoms with van der Waals surface area (Å²) in [5, 5.41) is 12.0. The van der Waals surface area contributed by atoms with E-state index < -0.39 is 11.8 Å². The van der Waals surface area contributed by atoms with Gasteiger partial charge in [0.25, 0.3) is 0 Å². The Kier molecular flexibility index (Phi) is 3.55. The highest BCUT2D eigenvalue weighted by Gasteiger charge is 2.35. The van der Waals surface area contributed by atoms with Crippen LogP contribution in [-0.2, 0) is 0 Å². The summed E-state index contributed by atoms with van der Waals surface area (Å²) in [5.74, 6) is -1.60. The molecule has 1 aliphatic carbocycles. The summed E-state index contributed by atoms with van der Waals surface area (Å²) in [7, 11) is 0. The first-order valence-electron chi connectivity index (χ1n) is 6.34. The van der Waals surface area contributed by atoms with Gasteiger partial charge < -0.3 is 10.4 Å². The van der Waals surface area contributed by atoms with Crippen LogP contribution in [0.1, 0.15) is 43.0 Å². The van der Waals surface area contributed by atoms with E-state index in [1.54, 1.807) is 0 Å². The van der Waals surface area contributed by atoms with Gasteiger partial charge in [0, 0.05) is 6.54 Å². The van der Waals surface area contributed by atoms with Crippen LogP contribution in [0.2, 0.25) is 0 Å². The number of nitrogens with one attached hydrogen (secondary N) is 1. The van der Waals surface area contributed by atoms with Gasteiger partial charge in [-0.3, -0.25) is 0 Å². The lowest BCUT2D eigenvalue weighted by Gasteiger charge is -2.41. The van der Waals surface area contributed by atoms with Gasteiger partial charge in [-0.15, -0.1) is 0 Å². The van der Waals surface area contributed by atoms with Crippen molar-refractivity contribution in [3.05, 3.63) is 29.6 Å². The molecule has 0 aromatic heterocycles. The zero-order valence-corrected chi connectivity index (χ0v) is 10.5. The second kappa shape index (κ2) is 4.96. The predicted molar refractivity (Wildman–Crippen MR) is 68.4 cm³/mol. The Labute approximate surface area is 106 Å². The molecule has 1 aliphatic rings. The summed E-state index contributed by atoms with van der Waals surface area (Å²) in [4.78, 5) is 11.0. The molecular weight excluding hydrogens is 233 g/mol. The maximum absolute atomic E-state index is 13.7. The molecule has 3 nitrogen and oxygen atoms in total. The maximum Gasteiger partial charge on any atom is 0.337 e. The second-order valence-corrected chi connectivity index (χ2v) is 5.03. The molecule has 1 aromatic carbocycles. The van der Waals surface area contributed by atoms with E-state index in [2.05, 4.69) is 12.2 Å². The monoisotopic (exact) mass is 251 g/mol. The van der Waals surface area contributed by atoms with Crippen molar-refractivity contribution >= 4 is 11.7 Å². The fourth-order valence-electron chi connectivity index (χ4n) is 2.49. The molecule has 1 aromatic rings. The lowest BCUT2D eigenvalue weighted by Crippen LogP contribution is -2.36. The van der Waals surface area contributed by atoms with E-state index in [0.717, 1.165) is 19.3 Å². The number of aromatic carboxylic acids is 1. The molecule has 0 amide bonds. The molecule has 98 valence electrons. The van der Waals surface area contributed by atoms with E-state index in [1.165, 1.54) is 24.6 Å². The van der Waals surface area contributed by atoms with Crippen molar-refractivity contribution < 1.29 is 14.3 Å². The zero-order valence-electron chi connectivity index (χ0n) is 10.5. The summed E-state index contributed by atoms with van der Waals surface area (Å²) in [5.41, 5.74) is 0.336. The quantitative estimate of drug-likeness (QED) is 0.841. The summed E-state index contributed by atoms with van der Waals surface area (Å²) in [6, 6.07) is 4.13. The molecule has 1 fully saturated rings. The van der Waals surface area contributed by atoms with Crippen molar-refractivity contribution in [1.29, 1.82) is 0 Å². The third-order valence-corrected chi connectivity index (χ3v) is 4.05. The summed E-state index contributed by atoms with van der Waals surface area (Å²) < 4.78 is 13.7. The third-order valence-electron chi connectivity index (χ3n) is 4.05. The van der Waals surface area contributed by atoms with Crippen LogP contribution in [-0.4, -0.2) is 17.6 Å². The number of benzene rings is 1. The topological polar surface area (TPSA) is 49.3 Å². The number of hydrogen-bond acceptors (Lipinski definition) is 2. The third kappa shape index (κ3) is 2.33. The van der Waals surface area contributed by atoms with E-state index in [1.807, 2.05) is 0 Å². The number of para-hydroxylation sites is 1. The van der Waals surface area contributed by atoms with Crippen molar-refractivity contribution in [2.24, 2.45) is 5.41 Å². The van der Waals surface area contributed by atoms with Gasteiger partial charge in [0.1, 0.15) is 5.82 Å². The SMILES string of the molecule is CCC1(CNc2c(F)cccc2C(=O)O)CCC1. The Hall–Kier alpha value is -1.58. The van der Waals surface area contributed by atoms with Gasteiger partial charge in [-0.05, 0) is 36.8 Å². The van der Waals surface area contributed by atoms with Gasteiger partial charge in [0.2, 0.25) is 0 Å². The molecule has 0 spiro atoms. The molecule has 2 rings (SSSR count). The largest absolute Gasteiger partial charge is 0.478 e. The number of hydrogen-bond donors (Lipinski definition) is 2. The van der Waals surface area contributed by atoms with Crippen LogP contribution in [0, 0.1) is 11.2 Å². The van der Waals surface area contributed by atoms with Gasteiger partial charge >= 0.3 is 5.97 Å². The van der Waals surface area contributed by atoms with Crippen LogP contribution in [0.25, 0.3) is 0 Å². The van der Waals surface area contributed by atoms with Crippen LogP contribution < -0.4 is 5.32 Å². The van der Waals surface area contributed by atoms with E-state index in [-0.39, 0.29) is 16.7 Å². The minimum atomic E-state index is -1.10. The number of carboxylic acid groups (broad SMARTS) is 1. The molecule has 0 bridgehead atoms. The Bertz CT molecular complexity index is 450. The lowest BCUT2D eigenvalue weighted by molar-refractivity contribution is 0.0697. The molecule has 0 atom stereocenters. The fraction of sp³-hybridized carbons (Fsp3) is 0.500.